The lowest BCUT2D eigenvalue weighted by molar-refractivity contribution is 0.0415. The number of nitrogens with two attached hydrogens (primary N) is 1. The Hall–Kier alpha value is -0.120. The van der Waals surface area contributed by atoms with Crippen molar-refractivity contribution < 1.29 is 0 Å². The maximum absolute atomic E-state index is 6.13. The van der Waals surface area contributed by atoms with Gasteiger partial charge in [0.05, 0.1) is 0 Å². The Morgan fingerprint density at radius 1 is 1.33 bits per heavy atom. The van der Waals surface area contributed by atoms with E-state index in [-0.39, 0.29) is 5.54 Å². The lowest BCUT2D eigenvalue weighted by Gasteiger charge is -2.47. The summed E-state index contributed by atoms with van der Waals surface area (Å²) in [7, 11) is 2.30. The van der Waals surface area contributed by atoms with E-state index in [4.69, 9.17) is 5.73 Å². The average molecular weight is 253 g/mol. The van der Waals surface area contributed by atoms with Crippen molar-refractivity contribution in [3.8, 4) is 0 Å². The molecule has 1 aliphatic heterocycles. The van der Waals surface area contributed by atoms with E-state index in [2.05, 4.69) is 30.7 Å². The van der Waals surface area contributed by atoms with E-state index in [1.807, 2.05) is 0 Å². The number of nitrogens with zero attached hydrogens (tertiary/aromatic N) is 2. The van der Waals surface area contributed by atoms with E-state index in [1.54, 1.807) is 0 Å². The second-order valence-corrected chi connectivity index (χ2v) is 6.62. The standard InChI is InChI=1S/C15H31N3/c1-4-7-18-8-5-15(12-16,6-9-18)17(3)11-14-10-13(14)2/h13-14H,4-12,16H2,1-3H3. The molecule has 3 heteroatoms. The van der Waals surface area contributed by atoms with Gasteiger partial charge in [-0.1, -0.05) is 13.8 Å². The minimum absolute atomic E-state index is 0.284. The van der Waals surface area contributed by atoms with Crippen LogP contribution in [-0.2, 0) is 0 Å². The van der Waals surface area contributed by atoms with Gasteiger partial charge in [-0.05, 0) is 64.2 Å². The normalized spacial score (nSPS) is 31.8. The Morgan fingerprint density at radius 2 is 1.94 bits per heavy atom. The predicted octanol–water partition coefficient (Wildman–Crippen LogP) is 1.78. The fourth-order valence-corrected chi connectivity index (χ4v) is 3.45. The molecule has 1 saturated carbocycles. The predicted molar refractivity (Wildman–Crippen MR) is 77.7 cm³/mol. The first-order chi connectivity index (χ1) is 8.61. The second-order valence-electron chi connectivity index (χ2n) is 6.62. The number of piperidine rings is 1. The topological polar surface area (TPSA) is 32.5 Å². The third-order valence-corrected chi connectivity index (χ3v) is 5.30. The Kier molecular flexibility index (Phi) is 4.68. The monoisotopic (exact) mass is 253 g/mol. The fraction of sp³-hybridized carbons (Fsp3) is 1.00. The Balaban J connectivity index is 1.86. The largest absolute Gasteiger partial charge is 0.329 e. The third kappa shape index (κ3) is 3.06. The Bertz CT molecular complexity index is 258. The summed E-state index contributed by atoms with van der Waals surface area (Å²) in [6.07, 6.45) is 5.19. The number of hydrogen-bond acceptors (Lipinski definition) is 3. The smallest absolute Gasteiger partial charge is 0.0353 e. The van der Waals surface area contributed by atoms with Crippen molar-refractivity contribution in [2.24, 2.45) is 17.6 Å². The molecule has 2 atom stereocenters. The Labute approximate surface area is 113 Å². The van der Waals surface area contributed by atoms with Crippen LogP contribution in [0.2, 0.25) is 0 Å². The van der Waals surface area contributed by atoms with Crippen LogP contribution in [0.25, 0.3) is 0 Å². The first-order valence-electron chi connectivity index (χ1n) is 7.75. The molecule has 0 aromatic carbocycles. The molecule has 1 saturated heterocycles. The van der Waals surface area contributed by atoms with Crippen LogP contribution in [0.5, 0.6) is 0 Å². The molecule has 0 spiro atoms. The van der Waals surface area contributed by atoms with Gasteiger partial charge in [0.15, 0.2) is 0 Å². The van der Waals surface area contributed by atoms with Crippen molar-refractivity contribution in [2.45, 2.75) is 45.1 Å². The SMILES string of the molecule is CCCN1CCC(CN)(N(C)CC2CC2C)CC1. The minimum atomic E-state index is 0.284. The van der Waals surface area contributed by atoms with E-state index < -0.39 is 0 Å². The van der Waals surface area contributed by atoms with Crippen LogP contribution in [0.4, 0.5) is 0 Å². The van der Waals surface area contributed by atoms with Crippen molar-refractivity contribution in [3.63, 3.8) is 0 Å². The van der Waals surface area contributed by atoms with Gasteiger partial charge in [-0.25, -0.2) is 0 Å². The number of rotatable bonds is 6. The molecule has 106 valence electrons. The van der Waals surface area contributed by atoms with Crippen LogP contribution in [0.3, 0.4) is 0 Å². The van der Waals surface area contributed by atoms with Crippen LogP contribution in [0.15, 0.2) is 0 Å². The molecule has 2 unspecified atom stereocenters. The van der Waals surface area contributed by atoms with Crippen LogP contribution in [0, 0.1) is 11.8 Å². The molecular formula is C15H31N3. The minimum Gasteiger partial charge on any atom is -0.329 e. The van der Waals surface area contributed by atoms with Gasteiger partial charge in [-0.3, -0.25) is 4.90 Å². The first-order valence-corrected chi connectivity index (χ1v) is 7.75. The van der Waals surface area contributed by atoms with Gasteiger partial charge in [-0.2, -0.15) is 0 Å². The number of hydrogen-bond donors (Lipinski definition) is 1. The molecule has 0 bridgehead atoms. The number of likely N-dealkylation sites (tertiary alicyclic amines) is 1. The van der Waals surface area contributed by atoms with Crippen LogP contribution >= 0.6 is 0 Å². The second kappa shape index (κ2) is 5.89. The van der Waals surface area contributed by atoms with Crippen molar-refractivity contribution in [3.05, 3.63) is 0 Å². The van der Waals surface area contributed by atoms with Gasteiger partial charge in [0.2, 0.25) is 0 Å². The van der Waals surface area contributed by atoms with Crippen LogP contribution in [-0.4, -0.2) is 55.1 Å². The molecule has 2 N–H and O–H groups in total. The van der Waals surface area contributed by atoms with Gasteiger partial charge in [0, 0.05) is 18.6 Å². The summed E-state index contributed by atoms with van der Waals surface area (Å²) in [5.41, 5.74) is 6.41. The molecule has 1 aliphatic carbocycles. The summed E-state index contributed by atoms with van der Waals surface area (Å²) in [5.74, 6) is 1.88. The van der Waals surface area contributed by atoms with Crippen molar-refractivity contribution >= 4 is 0 Å². The van der Waals surface area contributed by atoms with E-state index in [1.165, 1.54) is 51.9 Å². The lowest BCUT2D eigenvalue weighted by atomic mass is 9.85. The van der Waals surface area contributed by atoms with E-state index in [0.29, 0.717) is 0 Å². The molecule has 1 heterocycles. The summed E-state index contributed by atoms with van der Waals surface area (Å²) in [4.78, 5) is 5.19. The highest BCUT2D eigenvalue weighted by molar-refractivity contribution is 4.97. The summed E-state index contributed by atoms with van der Waals surface area (Å²) in [6.45, 7) is 10.4. The zero-order valence-electron chi connectivity index (χ0n) is 12.5. The molecule has 2 rings (SSSR count). The molecule has 2 fully saturated rings. The quantitative estimate of drug-likeness (QED) is 0.783. The molecule has 2 aliphatic rings. The molecule has 0 radical (unpaired) electrons. The van der Waals surface area contributed by atoms with Crippen molar-refractivity contribution in [1.29, 1.82) is 0 Å². The molecule has 0 aromatic heterocycles. The summed E-state index contributed by atoms with van der Waals surface area (Å²) >= 11 is 0. The van der Waals surface area contributed by atoms with Crippen molar-refractivity contribution in [2.75, 3.05) is 39.8 Å². The summed E-state index contributed by atoms with van der Waals surface area (Å²) < 4.78 is 0. The molecular weight excluding hydrogens is 222 g/mol. The van der Waals surface area contributed by atoms with Gasteiger partial charge in [0.25, 0.3) is 0 Å². The van der Waals surface area contributed by atoms with E-state index in [0.717, 1.165) is 18.4 Å². The highest BCUT2D eigenvalue weighted by Gasteiger charge is 2.41. The van der Waals surface area contributed by atoms with Gasteiger partial charge in [-0.15, -0.1) is 0 Å². The molecule has 18 heavy (non-hydrogen) atoms. The van der Waals surface area contributed by atoms with Gasteiger partial charge >= 0.3 is 0 Å². The maximum Gasteiger partial charge on any atom is 0.0353 e. The van der Waals surface area contributed by atoms with Gasteiger partial charge in [0.1, 0.15) is 0 Å². The van der Waals surface area contributed by atoms with Crippen LogP contribution in [0.1, 0.15) is 39.5 Å². The lowest BCUT2D eigenvalue weighted by Crippen LogP contribution is -2.58. The Morgan fingerprint density at radius 3 is 2.39 bits per heavy atom. The van der Waals surface area contributed by atoms with Crippen LogP contribution < -0.4 is 5.73 Å². The molecule has 0 aromatic rings. The zero-order valence-corrected chi connectivity index (χ0v) is 12.5. The highest BCUT2D eigenvalue weighted by atomic mass is 15.2. The third-order valence-electron chi connectivity index (χ3n) is 5.30. The molecule has 3 nitrogen and oxygen atoms in total. The fourth-order valence-electron chi connectivity index (χ4n) is 3.45. The zero-order chi connectivity index (χ0) is 13.2. The maximum atomic E-state index is 6.13. The molecule has 0 amide bonds. The summed E-state index contributed by atoms with van der Waals surface area (Å²) in [6, 6.07) is 0. The first kappa shape index (κ1) is 14.3. The van der Waals surface area contributed by atoms with E-state index >= 15 is 0 Å². The highest BCUT2D eigenvalue weighted by Crippen LogP contribution is 2.40. The average Bonchev–Trinajstić information content (AvgIpc) is 3.06. The van der Waals surface area contributed by atoms with Gasteiger partial charge < -0.3 is 10.6 Å². The van der Waals surface area contributed by atoms with Crippen molar-refractivity contribution in [1.82, 2.24) is 9.80 Å². The number of likely N-dealkylation sites (N-methyl/N-ethyl adjacent to an activating group) is 1. The van der Waals surface area contributed by atoms with E-state index in [9.17, 15) is 0 Å². The summed E-state index contributed by atoms with van der Waals surface area (Å²) in [5, 5.41) is 0.